The second kappa shape index (κ2) is 3.10. The number of hydrogen-bond acceptors (Lipinski definition) is 1. The Balaban J connectivity index is 3.46. The average molecular weight is 210 g/mol. The van der Waals surface area contributed by atoms with Crippen LogP contribution < -0.4 is 5.73 Å². The van der Waals surface area contributed by atoms with E-state index in [2.05, 4.69) is 0 Å². The normalized spacial score (nSPS) is 10.2. The molecule has 0 heterocycles. The van der Waals surface area contributed by atoms with Gasteiger partial charge >= 0.3 is 0 Å². The largest absolute Gasteiger partial charge is 0.397 e. The molecule has 0 fully saturated rings. The zero-order valence-corrected chi connectivity index (χ0v) is 8.06. The lowest BCUT2D eigenvalue weighted by Gasteiger charge is -2.05. The molecule has 0 atom stereocenters. The molecule has 0 aromatic heterocycles. The Hall–Kier alpha value is -0.110. The van der Waals surface area contributed by atoms with Crippen molar-refractivity contribution in [2.75, 3.05) is 5.73 Å². The standard InChI is InChI=1S/C7H6Cl3N/c1-3-4(8)2-5(11)7(10)6(3)9/h2H,11H2,1H3. The summed E-state index contributed by atoms with van der Waals surface area (Å²) in [5, 5.41) is 1.34. The molecule has 0 unspecified atom stereocenters. The van der Waals surface area contributed by atoms with E-state index in [1.807, 2.05) is 0 Å². The van der Waals surface area contributed by atoms with Crippen molar-refractivity contribution in [2.45, 2.75) is 6.92 Å². The molecular formula is C7H6Cl3N. The summed E-state index contributed by atoms with van der Waals surface area (Å²) in [5.41, 5.74) is 6.66. The van der Waals surface area contributed by atoms with Crippen LogP contribution in [0.3, 0.4) is 0 Å². The minimum atomic E-state index is 0.369. The van der Waals surface area contributed by atoms with Crippen molar-refractivity contribution >= 4 is 40.5 Å². The molecule has 60 valence electrons. The van der Waals surface area contributed by atoms with Gasteiger partial charge in [-0.2, -0.15) is 0 Å². The van der Waals surface area contributed by atoms with Gasteiger partial charge in [-0.05, 0) is 18.6 Å². The van der Waals surface area contributed by atoms with Gasteiger partial charge in [0.15, 0.2) is 0 Å². The highest BCUT2D eigenvalue weighted by Crippen LogP contribution is 2.35. The van der Waals surface area contributed by atoms with Gasteiger partial charge in [0.25, 0.3) is 0 Å². The molecule has 11 heavy (non-hydrogen) atoms. The first-order valence-corrected chi connectivity index (χ1v) is 4.07. The third kappa shape index (κ3) is 1.56. The van der Waals surface area contributed by atoms with Crippen molar-refractivity contribution in [1.82, 2.24) is 0 Å². The Morgan fingerprint density at radius 1 is 1.18 bits per heavy atom. The first kappa shape index (κ1) is 8.98. The van der Waals surface area contributed by atoms with Gasteiger partial charge in [-0.3, -0.25) is 0 Å². The van der Waals surface area contributed by atoms with Gasteiger partial charge in [0.2, 0.25) is 0 Å². The number of halogens is 3. The van der Waals surface area contributed by atoms with E-state index in [0.717, 1.165) is 5.56 Å². The molecule has 4 heteroatoms. The number of nitrogens with two attached hydrogens (primary N) is 1. The van der Waals surface area contributed by atoms with E-state index in [0.29, 0.717) is 20.8 Å². The number of anilines is 1. The molecule has 0 saturated carbocycles. The maximum absolute atomic E-state index is 5.79. The Kier molecular flexibility index (Phi) is 2.53. The number of hydrogen-bond donors (Lipinski definition) is 1. The molecule has 0 spiro atoms. The number of nitrogen functional groups attached to an aromatic ring is 1. The smallest absolute Gasteiger partial charge is 0.0825 e. The van der Waals surface area contributed by atoms with E-state index in [9.17, 15) is 0 Å². The lowest BCUT2D eigenvalue weighted by atomic mass is 10.2. The first-order valence-electron chi connectivity index (χ1n) is 2.93. The fraction of sp³-hybridized carbons (Fsp3) is 0.143. The highest BCUT2D eigenvalue weighted by Gasteiger charge is 2.08. The maximum atomic E-state index is 5.79. The van der Waals surface area contributed by atoms with Gasteiger partial charge < -0.3 is 5.73 Å². The summed E-state index contributed by atoms with van der Waals surface area (Å²) in [7, 11) is 0. The molecule has 1 aromatic rings. The molecule has 1 rings (SSSR count). The molecule has 0 bridgehead atoms. The summed E-state index contributed by atoms with van der Waals surface area (Å²) in [6.07, 6.45) is 0. The summed E-state index contributed by atoms with van der Waals surface area (Å²) >= 11 is 17.3. The van der Waals surface area contributed by atoms with Crippen LogP contribution in [-0.4, -0.2) is 0 Å². The van der Waals surface area contributed by atoms with Gasteiger partial charge in [0.1, 0.15) is 0 Å². The van der Waals surface area contributed by atoms with Crippen LogP contribution in [0.5, 0.6) is 0 Å². The Morgan fingerprint density at radius 2 is 1.73 bits per heavy atom. The zero-order valence-electron chi connectivity index (χ0n) is 5.79. The monoisotopic (exact) mass is 209 g/mol. The van der Waals surface area contributed by atoms with Gasteiger partial charge in [-0.15, -0.1) is 0 Å². The van der Waals surface area contributed by atoms with E-state index in [1.54, 1.807) is 13.0 Å². The van der Waals surface area contributed by atoms with Crippen LogP contribution in [0.15, 0.2) is 6.07 Å². The molecule has 0 aliphatic heterocycles. The van der Waals surface area contributed by atoms with E-state index < -0.39 is 0 Å². The second-order valence-corrected chi connectivity index (χ2v) is 3.36. The molecule has 1 nitrogen and oxygen atoms in total. The zero-order chi connectivity index (χ0) is 8.59. The SMILES string of the molecule is Cc1c(Cl)cc(N)c(Cl)c1Cl. The topological polar surface area (TPSA) is 26.0 Å². The quantitative estimate of drug-likeness (QED) is 0.514. The lowest BCUT2D eigenvalue weighted by molar-refractivity contribution is 1.47. The predicted octanol–water partition coefficient (Wildman–Crippen LogP) is 3.54. The van der Waals surface area contributed by atoms with Crippen LogP contribution >= 0.6 is 34.8 Å². The van der Waals surface area contributed by atoms with Crippen molar-refractivity contribution < 1.29 is 0 Å². The van der Waals surface area contributed by atoms with Gasteiger partial charge in [-0.25, -0.2) is 0 Å². The number of rotatable bonds is 0. The fourth-order valence-corrected chi connectivity index (χ4v) is 1.37. The molecule has 0 aliphatic rings. The summed E-state index contributed by atoms with van der Waals surface area (Å²) < 4.78 is 0. The van der Waals surface area contributed by atoms with E-state index in [-0.39, 0.29) is 0 Å². The van der Waals surface area contributed by atoms with E-state index in [4.69, 9.17) is 40.5 Å². The van der Waals surface area contributed by atoms with Crippen molar-refractivity contribution in [3.05, 3.63) is 26.7 Å². The summed E-state index contributed by atoms with van der Waals surface area (Å²) in [6.45, 7) is 1.79. The molecule has 0 saturated heterocycles. The minimum Gasteiger partial charge on any atom is -0.397 e. The molecule has 0 radical (unpaired) electrons. The van der Waals surface area contributed by atoms with Crippen molar-refractivity contribution in [1.29, 1.82) is 0 Å². The Labute approximate surface area is 80.0 Å². The predicted molar refractivity (Wildman–Crippen MR) is 50.6 cm³/mol. The second-order valence-electron chi connectivity index (χ2n) is 2.20. The van der Waals surface area contributed by atoms with Gasteiger partial charge in [-0.1, -0.05) is 34.8 Å². The summed E-state index contributed by atoms with van der Waals surface area (Å²) in [6, 6.07) is 1.59. The Bertz CT molecular complexity index is 270. The van der Waals surface area contributed by atoms with Crippen LogP contribution in [-0.2, 0) is 0 Å². The molecule has 2 N–H and O–H groups in total. The third-order valence-electron chi connectivity index (χ3n) is 1.42. The van der Waals surface area contributed by atoms with Crippen molar-refractivity contribution in [3.63, 3.8) is 0 Å². The summed E-state index contributed by atoms with van der Waals surface area (Å²) in [5.74, 6) is 0. The number of benzene rings is 1. The van der Waals surface area contributed by atoms with E-state index >= 15 is 0 Å². The third-order valence-corrected chi connectivity index (χ3v) is 2.78. The van der Waals surface area contributed by atoms with Crippen molar-refractivity contribution in [3.8, 4) is 0 Å². The van der Waals surface area contributed by atoms with Crippen LogP contribution in [0.2, 0.25) is 15.1 Å². The first-order chi connectivity index (χ1) is 5.04. The maximum Gasteiger partial charge on any atom is 0.0825 e. The van der Waals surface area contributed by atoms with Crippen LogP contribution in [0.4, 0.5) is 5.69 Å². The van der Waals surface area contributed by atoms with Crippen LogP contribution in [0.25, 0.3) is 0 Å². The van der Waals surface area contributed by atoms with Crippen molar-refractivity contribution in [2.24, 2.45) is 0 Å². The van der Waals surface area contributed by atoms with Crippen LogP contribution in [0.1, 0.15) is 5.56 Å². The minimum absolute atomic E-state index is 0.369. The Morgan fingerprint density at radius 3 is 2.27 bits per heavy atom. The molecule has 0 aliphatic carbocycles. The average Bonchev–Trinajstić information content (AvgIpc) is 1.97. The highest BCUT2D eigenvalue weighted by molar-refractivity contribution is 6.45. The lowest BCUT2D eigenvalue weighted by Crippen LogP contribution is -1.89. The van der Waals surface area contributed by atoms with E-state index in [1.165, 1.54) is 0 Å². The fourth-order valence-electron chi connectivity index (χ4n) is 0.704. The van der Waals surface area contributed by atoms with Gasteiger partial charge in [0, 0.05) is 5.02 Å². The van der Waals surface area contributed by atoms with Crippen LogP contribution in [0, 0.1) is 6.92 Å². The van der Waals surface area contributed by atoms with Gasteiger partial charge in [0.05, 0.1) is 15.7 Å². The molecule has 1 aromatic carbocycles. The molecule has 0 amide bonds. The summed E-state index contributed by atoms with van der Waals surface area (Å²) in [4.78, 5) is 0. The highest BCUT2D eigenvalue weighted by atomic mass is 35.5. The molecular weight excluding hydrogens is 204 g/mol.